The summed E-state index contributed by atoms with van der Waals surface area (Å²) in [4.78, 5) is 25.4. The highest BCUT2D eigenvalue weighted by atomic mass is 16.6. The summed E-state index contributed by atoms with van der Waals surface area (Å²) < 4.78 is 5.46. The van der Waals surface area contributed by atoms with Gasteiger partial charge in [-0.2, -0.15) is 0 Å². The molecule has 2 fully saturated rings. The number of carbonyl (C=O) groups excluding carboxylic acids is 2. The van der Waals surface area contributed by atoms with Crippen molar-refractivity contribution in [2.24, 2.45) is 11.8 Å². The molecule has 0 radical (unpaired) electrons. The molecule has 4 rings (SSSR count). The van der Waals surface area contributed by atoms with Crippen LogP contribution in [0.4, 0.5) is 0 Å². The third-order valence-electron chi connectivity index (χ3n) is 5.27. The van der Waals surface area contributed by atoms with Crippen LogP contribution in [0.3, 0.4) is 0 Å². The maximum absolute atomic E-state index is 12.9. The van der Waals surface area contributed by atoms with E-state index in [2.05, 4.69) is 0 Å². The van der Waals surface area contributed by atoms with E-state index in [0.717, 1.165) is 24.0 Å². The van der Waals surface area contributed by atoms with Gasteiger partial charge in [0.15, 0.2) is 11.9 Å². The Bertz CT molecular complexity index is 806. The largest absolute Gasteiger partial charge is 0.453 e. The maximum atomic E-state index is 12.9. The number of hydrogen-bond acceptors (Lipinski definition) is 3. The van der Waals surface area contributed by atoms with Gasteiger partial charge in [-0.1, -0.05) is 72.8 Å². The molecule has 1 aliphatic carbocycles. The Labute approximate surface area is 153 Å². The van der Waals surface area contributed by atoms with Crippen LogP contribution in [0.5, 0.6) is 0 Å². The van der Waals surface area contributed by atoms with Crippen LogP contribution in [-0.4, -0.2) is 17.9 Å². The molecule has 3 heteroatoms. The van der Waals surface area contributed by atoms with Crippen molar-refractivity contribution >= 4 is 17.8 Å². The molecule has 1 heterocycles. The molecule has 3 unspecified atom stereocenters. The highest BCUT2D eigenvalue weighted by molar-refractivity contribution is 6.07. The van der Waals surface area contributed by atoms with E-state index in [0.29, 0.717) is 12.3 Å². The zero-order valence-corrected chi connectivity index (χ0v) is 14.6. The van der Waals surface area contributed by atoms with E-state index in [1.165, 1.54) is 0 Å². The molecule has 2 aliphatic rings. The van der Waals surface area contributed by atoms with Gasteiger partial charge < -0.3 is 4.74 Å². The minimum atomic E-state index is -0.655. The molecular formula is C23H22O3. The summed E-state index contributed by atoms with van der Waals surface area (Å²) in [5.74, 6) is -0.695. The number of cyclic esters (lactones) is 1. The summed E-state index contributed by atoms with van der Waals surface area (Å²) >= 11 is 0. The van der Waals surface area contributed by atoms with Crippen molar-refractivity contribution in [1.82, 2.24) is 0 Å². The molecule has 3 nitrogen and oxygen atoms in total. The predicted octanol–water partition coefficient (Wildman–Crippen LogP) is 4.39. The van der Waals surface area contributed by atoms with E-state index in [-0.39, 0.29) is 17.7 Å². The highest BCUT2D eigenvalue weighted by Gasteiger charge is 2.51. The van der Waals surface area contributed by atoms with Crippen LogP contribution in [0.2, 0.25) is 0 Å². The standard InChI is InChI=1S/C23H22O3/c24-22-19(13-7-10-16-8-3-1-4-9-16)26-23(25)21(22)20(18-14-15-18)17-11-5-2-6-12-17/h1-12,18-21H,13-15H2. The Morgan fingerprint density at radius 3 is 2.27 bits per heavy atom. The smallest absolute Gasteiger partial charge is 0.318 e. The summed E-state index contributed by atoms with van der Waals surface area (Å²) in [5, 5.41) is 0. The van der Waals surface area contributed by atoms with Gasteiger partial charge in [-0.3, -0.25) is 9.59 Å². The molecule has 2 aromatic rings. The summed E-state index contributed by atoms with van der Waals surface area (Å²) in [7, 11) is 0. The number of rotatable bonds is 6. The minimum Gasteiger partial charge on any atom is -0.453 e. The Morgan fingerprint density at radius 1 is 0.962 bits per heavy atom. The van der Waals surface area contributed by atoms with Crippen LogP contribution in [0.25, 0.3) is 6.08 Å². The van der Waals surface area contributed by atoms with Gasteiger partial charge in [0.05, 0.1) is 0 Å². The summed E-state index contributed by atoms with van der Waals surface area (Å²) in [6.07, 6.45) is 5.82. The second-order valence-corrected chi connectivity index (χ2v) is 7.13. The first-order valence-corrected chi connectivity index (χ1v) is 9.25. The molecule has 3 atom stereocenters. The maximum Gasteiger partial charge on any atom is 0.318 e. The second kappa shape index (κ2) is 7.28. The molecule has 0 N–H and O–H groups in total. The predicted molar refractivity (Wildman–Crippen MR) is 100 cm³/mol. The molecular weight excluding hydrogens is 324 g/mol. The quantitative estimate of drug-likeness (QED) is 0.575. The van der Waals surface area contributed by atoms with Crippen LogP contribution in [0, 0.1) is 11.8 Å². The summed E-state index contributed by atoms with van der Waals surface area (Å²) in [5.41, 5.74) is 2.15. The number of ether oxygens (including phenoxy) is 1. The van der Waals surface area contributed by atoms with Crippen LogP contribution >= 0.6 is 0 Å². The fourth-order valence-electron chi connectivity index (χ4n) is 3.84. The van der Waals surface area contributed by atoms with Crippen LogP contribution in [0.15, 0.2) is 66.7 Å². The van der Waals surface area contributed by atoms with E-state index in [1.54, 1.807) is 0 Å². The highest BCUT2D eigenvalue weighted by Crippen LogP contribution is 2.49. The van der Waals surface area contributed by atoms with E-state index in [9.17, 15) is 9.59 Å². The Kier molecular flexibility index (Phi) is 4.70. The van der Waals surface area contributed by atoms with Crippen molar-refractivity contribution in [3.05, 3.63) is 77.9 Å². The molecule has 0 amide bonds. The molecule has 0 spiro atoms. The third-order valence-corrected chi connectivity index (χ3v) is 5.27. The molecule has 1 saturated heterocycles. The lowest BCUT2D eigenvalue weighted by Gasteiger charge is -2.19. The second-order valence-electron chi connectivity index (χ2n) is 7.13. The van der Waals surface area contributed by atoms with Crippen LogP contribution in [0.1, 0.15) is 36.3 Å². The van der Waals surface area contributed by atoms with Gasteiger partial charge in [0.2, 0.25) is 0 Å². The summed E-state index contributed by atoms with van der Waals surface area (Å²) in [6, 6.07) is 19.8. The van der Waals surface area contributed by atoms with Gasteiger partial charge in [-0.25, -0.2) is 0 Å². The van der Waals surface area contributed by atoms with Crippen molar-refractivity contribution < 1.29 is 14.3 Å². The van der Waals surface area contributed by atoms with Crippen molar-refractivity contribution in [1.29, 1.82) is 0 Å². The zero-order valence-electron chi connectivity index (χ0n) is 14.6. The lowest BCUT2D eigenvalue weighted by Crippen LogP contribution is -2.27. The Balaban J connectivity index is 1.49. The van der Waals surface area contributed by atoms with Crippen molar-refractivity contribution in [3.8, 4) is 0 Å². The van der Waals surface area contributed by atoms with Crippen LogP contribution in [-0.2, 0) is 14.3 Å². The first-order chi connectivity index (χ1) is 12.7. The Morgan fingerprint density at radius 2 is 1.62 bits per heavy atom. The SMILES string of the molecule is O=C1OC(CC=Cc2ccccc2)C(=O)C1C(c1ccccc1)C1CC1. The number of ketones is 1. The molecule has 1 aliphatic heterocycles. The van der Waals surface area contributed by atoms with Crippen molar-refractivity contribution in [2.45, 2.75) is 31.3 Å². The van der Waals surface area contributed by atoms with Gasteiger partial charge >= 0.3 is 5.97 Å². The average molecular weight is 346 g/mol. The van der Waals surface area contributed by atoms with Gasteiger partial charge in [-0.05, 0) is 29.9 Å². The fourth-order valence-corrected chi connectivity index (χ4v) is 3.84. The average Bonchev–Trinajstić information content (AvgIpc) is 3.46. The van der Waals surface area contributed by atoms with Crippen molar-refractivity contribution in [2.75, 3.05) is 0 Å². The molecule has 0 aromatic heterocycles. The van der Waals surface area contributed by atoms with Gasteiger partial charge in [-0.15, -0.1) is 0 Å². The van der Waals surface area contributed by atoms with E-state index >= 15 is 0 Å². The van der Waals surface area contributed by atoms with Crippen LogP contribution < -0.4 is 0 Å². The van der Waals surface area contributed by atoms with Gasteiger partial charge in [0, 0.05) is 12.3 Å². The molecule has 0 bridgehead atoms. The molecule has 1 saturated carbocycles. The molecule has 132 valence electrons. The number of hydrogen-bond donors (Lipinski definition) is 0. The first-order valence-electron chi connectivity index (χ1n) is 9.25. The number of benzene rings is 2. The first kappa shape index (κ1) is 16.8. The van der Waals surface area contributed by atoms with Crippen molar-refractivity contribution in [3.63, 3.8) is 0 Å². The summed E-state index contributed by atoms with van der Waals surface area (Å²) in [6.45, 7) is 0. The number of esters is 1. The van der Waals surface area contributed by atoms with E-state index in [4.69, 9.17) is 4.74 Å². The van der Waals surface area contributed by atoms with Gasteiger partial charge in [0.1, 0.15) is 5.92 Å². The molecule has 2 aromatic carbocycles. The lowest BCUT2D eigenvalue weighted by atomic mass is 9.79. The Hall–Kier alpha value is -2.68. The fraction of sp³-hybridized carbons (Fsp3) is 0.304. The monoisotopic (exact) mass is 346 g/mol. The van der Waals surface area contributed by atoms with E-state index < -0.39 is 12.0 Å². The number of Topliss-reactive ketones (excluding diaryl/α,β-unsaturated/α-hetero) is 1. The minimum absolute atomic E-state index is 0.0423. The zero-order chi connectivity index (χ0) is 17.9. The molecule has 26 heavy (non-hydrogen) atoms. The van der Waals surface area contributed by atoms with E-state index in [1.807, 2.05) is 72.8 Å². The van der Waals surface area contributed by atoms with Gasteiger partial charge in [0.25, 0.3) is 0 Å². The number of carbonyl (C=O) groups is 2. The normalized spacial score (nSPS) is 24.0. The lowest BCUT2D eigenvalue weighted by molar-refractivity contribution is -0.144. The topological polar surface area (TPSA) is 43.4 Å². The third kappa shape index (κ3) is 3.48.